The zero-order chi connectivity index (χ0) is 21.1. The van der Waals surface area contributed by atoms with Crippen molar-refractivity contribution < 1.29 is 31.6 Å². The number of hydrogen-bond donors (Lipinski definition) is 0. The highest BCUT2D eigenvalue weighted by Crippen LogP contribution is 2.38. The summed E-state index contributed by atoms with van der Waals surface area (Å²) in [5.41, 5.74) is 0.563. The lowest BCUT2D eigenvalue weighted by molar-refractivity contribution is -0.387. The fraction of sp³-hybridized carbons (Fsp3) is 0.0526. The molecule has 0 atom stereocenters. The molecule has 29 heavy (non-hydrogen) atoms. The monoisotopic (exact) mass is 427 g/mol. The highest BCUT2D eigenvalue weighted by molar-refractivity contribution is 7.98. The summed E-state index contributed by atoms with van der Waals surface area (Å²) in [5, 5.41) is 11.2. The van der Waals surface area contributed by atoms with Crippen molar-refractivity contribution in [2.24, 2.45) is 0 Å². The number of ether oxygens (including phenoxy) is 1. The third-order valence-corrected chi connectivity index (χ3v) is 4.87. The number of halogens is 5. The minimum absolute atomic E-state index is 0.0974. The highest BCUT2D eigenvalue weighted by Gasteiger charge is 2.28. The van der Waals surface area contributed by atoms with Crippen LogP contribution in [0, 0.1) is 39.2 Å². The van der Waals surface area contributed by atoms with Crippen LogP contribution in [0.2, 0.25) is 0 Å². The van der Waals surface area contributed by atoms with Gasteiger partial charge in [0, 0.05) is 17.9 Å². The second-order valence-electron chi connectivity index (χ2n) is 5.66. The molecule has 0 fully saturated rings. The zero-order valence-electron chi connectivity index (χ0n) is 14.3. The van der Waals surface area contributed by atoms with Gasteiger partial charge in [0.2, 0.25) is 34.8 Å². The van der Waals surface area contributed by atoms with Crippen LogP contribution in [0.4, 0.5) is 27.6 Å². The van der Waals surface area contributed by atoms with Gasteiger partial charge < -0.3 is 4.74 Å². The van der Waals surface area contributed by atoms with Crippen molar-refractivity contribution in [1.29, 1.82) is 0 Å². The minimum Gasteiger partial charge on any atom is -0.451 e. The van der Waals surface area contributed by atoms with E-state index >= 15 is 0 Å². The maximum atomic E-state index is 13.8. The van der Waals surface area contributed by atoms with Crippen LogP contribution in [-0.4, -0.2) is 4.92 Å². The van der Waals surface area contributed by atoms with E-state index in [-0.39, 0.29) is 16.3 Å². The summed E-state index contributed by atoms with van der Waals surface area (Å²) < 4.78 is 72.3. The molecule has 0 aromatic heterocycles. The summed E-state index contributed by atoms with van der Waals surface area (Å²) in [7, 11) is 0. The first-order valence-corrected chi connectivity index (χ1v) is 8.92. The summed E-state index contributed by atoms with van der Waals surface area (Å²) in [6.45, 7) is 0. The Morgan fingerprint density at radius 2 is 1.45 bits per heavy atom. The maximum absolute atomic E-state index is 13.8. The van der Waals surface area contributed by atoms with E-state index in [0.717, 1.165) is 35.5 Å². The van der Waals surface area contributed by atoms with Gasteiger partial charge in [0.1, 0.15) is 5.75 Å². The molecule has 0 heterocycles. The van der Waals surface area contributed by atoms with Gasteiger partial charge >= 0.3 is 0 Å². The Hall–Kier alpha value is -3.14. The van der Waals surface area contributed by atoms with Crippen LogP contribution in [0.3, 0.4) is 0 Å². The lowest BCUT2D eigenvalue weighted by atomic mass is 10.2. The van der Waals surface area contributed by atoms with E-state index in [4.69, 9.17) is 4.74 Å². The van der Waals surface area contributed by atoms with Gasteiger partial charge in [-0.15, -0.1) is 11.8 Å². The molecule has 0 saturated carbocycles. The molecule has 3 aromatic rings. The summed E-state index contributed by atoms with van der Waals surface area (Å²) in [6.07, 6.45) is 0. The van der Waals surface area contributed by atoms with Crippen LogP contribution in [0.15, 0.2) is 53.4 Å². The van der Waals surface area contributed by atoms with Gasteiger partial charge in [0.25, 0.3) is 5.69 Å². The van der Waals surface area contributed by atoms with Crippen molar-refractivity contribution in [2.75, 3.05) is 0 Å². The third kappa shape index (κ3) is 4.32. The number of hydrogen-bond acceptors (Lipinski definition) is 4. The molecule has 3 aromatic carbocycles. The first kappa shape index (κ1) is 20.6. The quantitative estimate of drug-likeness (QED) is 0.114. The Kier molecular flexibility index (Phi) is 6.02. The second kappa shape index (κ2) is 8.48. The van der Waals surface area contributed by atoms with Crippen LogP contribution >= 0.6 is 11.8 Å². The molecule has 0 aliphatic rings. The topological polar surface area (TPSA) is 52.4 Å². The number of nitro groups is 1. The molecule has 0 bridgehead atoms. The fourth-order valence-electron chi connectivity index (χ4n) is 2.35. The van der Waals surface area contributed by atoms with Gasteiger partial charge in [0.15, 0.2) is 0 Å². The Balaban J connectivity index is 1.94. The Bertz CT molecular complexity index is 1050. The molecule has 0 aliphatic carbocycles. The molecule has 4 nitrogen and oxygen atoms in total. The van der Waals surface area contributed by atoms with Crippen molar-refractivity contribution in [3.8, 4) is 11.5 Å². The normalized spacial score (nSPS) is 10.8. The molecule has 0 saturated heterocycles. The summed E-state index contributed by atoms with van der Waals surface area (Å²) >= 11 is 1.05. The van der Waals surface area contributed by atoms with E-state index in [2.05, 4.69) is 0 Å². The maximum Gasteiger partial charge on any atom is 0.283 e. The molecule has 10 heteroatoms. The van der Waals surface area contributed by atoms with Crippen molar-refractivity contribution >= 4 is 17.4 Å². The summed E-state index contributed by atoms with van der Waals surface area (Å²) in [5.74, 6) is -12.4. The molecule has 3 rings (SSSR count). The second-order valence-corrected chi connectivity index (χ2v) is 6.68. The van der Waals surface area contributed by atoms with Crippen molar-refractivity contribution in [3.63, 3.8) is 0 Å². The van der Waals surface area contributed by atoms with E-state index in [1.54, 1.807) is 30.3 Å². The number of nitro benzene ring substituents is 1. The molecule has 0 unspecified atom stereocenters. The largest absolute Gasteiger partial charge is 0.451 e. The van der Waals surface area contributed by atoms with Gasteiger partial charge in [-0.25, -0.2) is 13.2 Å². The van der Waals surface area contributed by atoms with Crippen LogP contribution in [0.1, 0.15) is 5.56 Å². The van der Waals surface area contributed by atoms with Crippen molar-refractivity contribution in [3.05, 3.63) is 93.3 Å². The molecule has 0 spiro atoms. The zero-order valence-corrected chi connectivity index (χ0v) is 15.1. The first-order valence-electron chi connectivity index (χ1n) is 7.94. The molecule has 0 N–H and O–H groups in total. The average Bonchev–Trinajstić information content (AvgIpc) is 2.73. The van der Waals surface area contributed by atoms with Crippen LogP contribution < -0.4 is 4.74 Å². The molecular formula is C19H10F5NO3S. The smallest absolute Gasteiger partial charge is 0.283 e. The van der Waals surface area contributed by atoms with Gasteiger partial charge in [-0.1, -0.05) is 30.3 Å². The minimum atomic E-state index is -2.31. The summed E-state index contributed by atoms with van der Waals surface area (Å²) in [6, 6.07) is 12.1. The van der Waals surface area contributed by atoms with Gasteiger partial charge in [-0.05, 0) is 11.6 Å². The number of thioether (sulfide) groups is 1. The molecule has 150 valence electrons. The van der Waals surface area contributed by atoms with Crippen LogP contribution in [-0.2, 0) is 5.75 Å². The van der Waals surface area contributed by atoms with E-state index < -0.39 is 39.8 Å². The number of nitrogens with zero attached hydrogens (tertiary/aromatic N) is 1. The SMILES string of the molecule is O=[N+]([O-])c1ccc(Oc2c(F)c(F)c(F)c(F)c2F)cc1SCc1ccccc1. The third-order valence-electron chi connectivity index (χ3n) is 3.75. The van der Waals surface area contributed by atoms with Crippen molar-refractivity contribution in [1.82, 2.24) is 0 Å². The molecule has 0 aliphatic heterocycles. The number of rotatable bonds is 6. The lowest BCUT2D eigenvalue weighted by Crippen LogP contribution is -2.04. The first-order chi connectivity index (χ1) is 13.8. The van der Waals surface area contributed by atoms with E-state index in [0.29, 0.717) is 5.75 Å². The average molecular weight is 427 g/mol. The number of benzene rings is 3. The predicted octanol–water partition coefficient (Wildman–Crippen LogP) is 6.37. The molecule has 0 radical (unpaired) electrons. The predicted molar refractivity (Wildman–Crippen MR) is 95.4 cm³/mol. The molecule has 0 amide bonds. The van der Waals surface area contributed by atoms with E-state index in [1.807, 2.05) is 0 Å². The highest BCUT2D eigenvalue weighted by atomic mass is 32.2. The lowest BCUT2D eigenvalue weighted by Gasteiger charge is -2.11. The Morgan fingerprint density at radius 3 is 2.03 bits per heavy atom. The van der Waals surface area contributed by atoms with Gasteiger partial charge in [-0.2, -0.15) is 8.78 Å². The van der Waals surface area contributed by atoms with Gasteiger partial charge in [0.05, 0.1) is 9.82 Å². The Morgan fingerprint density at radius 1 is 0.862 bits per heavy atom. The fourth-order valence-corrected chi connectivity index (χ4v) is 3.36. The van der Waals surface area contributed by atoms with Gasteiger partial charge in [-0.3, -0.25) is 10.1 Å². The van der Waals surface area contributed by atoms with E-state index in [1.165, 1.54) is 0 Å². The van der Waals surface area contributed by atoms with E-state index in [9.17, 15) is 32.1 Å². The van der Waals surface area contributed by atoms with Crippen LogP contribution in [0.5, 0.6) is 11.5 Å². The van der Waals surface area contributed by atoms with Crippen LogP contribution in [0.25, 0.3) is 0 Å². The Labute approximate surface area is 165 Å². The standard InChI is InChI=1S/C19H10F5NO3S/c20-14-15(21)17(23)19(18(24)16(14)22)28-11-6-7-12(25(26)27)13(8-11)29-9-10-4-2-1-3-5-10/h1-8H,9H2. The molecular weight excluding hydrogens is 417 g/mol. The summed E-state index contributed by atoms with van der Waals surface area (Å²) in [4.78, 5) is 10.7. The van der Waals surface area contributed by atoms with Crippen molar-refractivity contribution in [2.45, 2.75) is 10.6 Å².